The van der Waals surface area contributed by atoms with Gasteiger partial charge in [0.05, 0.1) is 0 Å². The lowest BCUT2D eigenvalue weighted by Gasteiger charge is -2.09. The maximum atomic E-state index is 12.7. The number of anilines is 1. The SMILES string of the molecule is N#C/C(=C/c1c2ccccc2cc2ccccc12)C(=O)Nc1ccc(Br)cc1. The number of carbonyl (C=O) groups is 1. The van der Waals surface area contributed by atoms with Crippen molar-refractivity contribution >= 4 is 55.1 Å². The van der Waals surface area contributed by atoms with Crippen LogP contribution >= 0.6 is 15.9 Å². The van der Waals surface area contributed by atoms with Gasteiger partial charge in [-0.05, 0) is 63.5 Å². The van der Waals surface area contributed by atoms with E-state index in [4.69, 9.17) is 0 Å². The highest BCUT2D eigenvalue weighted by Crippen LogP contribution is 2.30. The second kappa shape index (κ2) is 7.67. The number of hydrogen-bond acceptors (Lipinski definition) is 2. The highest BCUT2D eigenvalue weighted by Gasteiger charge is 2.12. The minimum atomic E-state index is -0.429. The van der Waals surface area contributed by atoms with E-state index in [1.165, 1.54) is 0 Å². The standard InChI is InChI=1S/C24H15BrN2O/c25-19-9-11-20(12-10-19)27-24(28)18(15-26)14-23-21-7-3-1-5-16(21)13-17-6-2-4-8-22(17)23/h1-14H,(H,27,28)/b18-14-. The molecule has 4 aromatic rings. The first-order chi connectivity index (χ1) is 13.7. The molecule has 0 saturated carbocycles. The summed E-state index contributed by atoms with van der Waals surface area (Å²) in [5, 5.41) is 16.6. The number of nitrogens with one attached hydrogen (secondary N) is 1. The number of rotatable bonds is 3. The Morgan fingerprint density at radius 1 is 0.893 bits per heavy atom. The van der Waals surface area contributed by atoms with Gasteiger partial charge in [0.1, 0.15) is 11.6 Å². The van der Waals surface area contributed by atoms with E-state index < -0.39 is 5.91 Å². The average molecular weight is 427 g/mol. The zero-order valence-electron chi connectivity index (χ0n) is 14.8. The summed E-state index contributed by atoms with van der Waals surface area (Å²) in [6.45, 7) is 0. The molecule has 1 N–H and O–H groups in total. The summed E-state index contributed by atoms with van der Waals surface area (Å²) in [7, 11) is 0. The van der Waals surface area contributed by atoms with Crippen molar-refractivity contribution in [1.29, 1.82) is 5.26 Å². The quantitative estimate of drug-likeness (QED) is 0.237. The van der Waals surface area contributed by atoms with Crippen LogP contribution in [0.3, 0.4) is 0 Å². The monoisotopic (exact) mass is 426 g/mol. The third kappa shape index (κ3) is 3.53. The van der Waals surface area contributed by atoms with Crippen molar-refractivity contribution in [2.75, 3.05) is 5.32 Å². The molecular formula is C24H15BrN2O. The molecule has 0 bridgehead atoms. The van der Waals surface area contributed by atoms with E-state index >= 15 is 0 Å². The lowest BCUT2D eigenvalue weighted by atomic mass is 9.95. The number of amides is 1. The summed E-state index contributed by atoms with van der Waals surface area (Å²) < 4.78 is 0.920. The topological polar surface area (TPSA) is 52.9 Å². The van der Waals surface area contributed by atoms with Crippen LogP contribution in [0.4, 0.5) is 5.69 Å². The van der Waals surface area contributed by atoms with Gasteiger partial charge in [0.25, 0.3) is 5.91 Å². The van der Waals surface area contributed by atoms with Crippen LogP contribution < -0.4 is 5.32 Å². The largest absolute Gasteiger partial charge is 0.321 e. The number of halogens is 1. The molecule has 4 aromatic carbocycles. The summed E-state index contributed by atoms with van der Waals surface area (Å²) in [4.78, 5) is 12.7. The van der Waals surface area contributed by atoms with Crippen molar-refractivity contribution < 1.29 is 4.79 Å². The normalized spacial score (nSPS) is 11.4. The van der Waals surface area contributed by atoms with Crippen molar-refractivity contribution in [3.8, 4) is 6.07 Å². The fourth-order valence-electron chi connectivity index (χ4n) is 3.23. The van der Waals surface area contributed by atoms with Gasteiger partial charge in [-0.25, -0.2) is 0 Å². The van der Waals surface area contributed by atoms with Gasteiger partial charge >= 0.3 is 0 Å². The van der Waals surface area contributed by atoms with E-state index in [1.807, 2.05) is 60.7 Å². The molecule has 0 fully saturated rings. The van der Waals surface area contributed by atoms with Crippen molar-refractivity contribution in [3.05, 3.63) is 94.5 Å². The lowest BCUT2D eigenvalue weighted by molar-refractivity contribution is -0.112. The Morgan fingerprint density at radius 3 is 2.04 bits per heavy atom. The number of benzene rings is 4. The predicted octanol–water partition coefficient (Wildman–Crippen LogP) is 6.30. The average Bonchev–Trinajstić information content (AvgIpc) is 2.72. The van der Waals surface area contributed by atoms with Crippen LogP contribution in [0.15, 0.2) is 88.9 Å². The Hall–Kier alpha value is -3.42. The van der Waals surface area contributed by atoms with E-state index in [0.717, 1.165) is 31.6 Å². The Morgan fingerprint density at radius 2 is 1.46 bits per heavy atom. The van der Waals surface area contributed by atoms with Gasteiger partial charge in [-0.15, -0.1) is 0 Å². The molecule has 4 rings (SSSR count). The van der Waals surface area contributed by atoms with Gasteiger partial charge < -0.3 is 5.32 Å². The summed E-state index contributed by atoms with van der Waals surface area (Å²) in [6.07, 6.45) is 1.68. The molecule has 0 unspecified atom stereocenters. The molecule has 0 aliphatic heterocycles. The van der Waals surface area contributed by atoms with E-state index in [1.54, 1.807) is 18.2 Å². The molecule has 0 atom stereocenters. The van der Waals surface area contributed by atoms with Gasteiger partial charge in [-0.3, -0.25) is 4.79 Å². The van der Waals surface area contributed by atoms with Gasteiger partial charge in [0, 0.05) is 10.2 Å². The van der Waals surface area contributed by atoms with Gasteiger partial charge in [-0.1, -0.05) is 64.5 Å². The molecule has 0 radical (unpaired) electrons. The van der Waals surface area contributed by atoms with Crippen LogP contribution in [0.1, 0.15) is 5.56 Å². The number of hydrogen-bond donors (Lipinski definition) is 1. The van der Waals surface area contributed by atoms with Crippen molar-refractivity contribution in [2.45, 2.75) is 0 Å². The van der Waals surface area contributed by atoms with Crippen LogP contribution in [0.2, 0.25) is 0 Å². The second-order valence-corrected chi connectivity index (χ2v) is 7.28. The van der Waals surface area contributed by atoms with Crippen LogP contribution in [0.25, 0.3) is 27.6 Å². The molecule has 0 aliphatic carbocycles. The van der Waals surface area contributed by atoms with Crippen molar-refractivity contribution in [3.63, 3.8) is 0 Å². The Bertz CT molecular complexity index is 1210. The number of carbonyl (C=O) groups excluding carboxylic acids is 1. The highest BCUT2D eigenvalue weighted by atomic mass is 79.9. The molecule has 28 heavy (non-hydrogen) atoms. The fourth-order valence-corrected chi connectivity index (χ4v) is 3.49. The Balaban J connectivity index is 1.83. The molecule has 1 amide bonds. The van der Waals surface area contributed by atoms with Gasteiger partial charge in [0.15, 0.2) is 0 Å². The van der Waals surface area contributed by atoms with Crippen molar-refractivity contribution in [2.24, 2.45) is 0 Å². The first-order valence-electron chi connectivity index (χ1n) is 8.75. The maximum Gasteiger partial charge on any atom is 0.266 e. The smallest absolute Gasteiger partial charge is 0.266 e. The molecule has 0 spiro atoms. The number of fused-ring (bicyclic) bond motifs is 2. The minimum absolute atomic E-state index is 0.0597. The summed E-state index contributed by atoms with van der Waals surface area (Å²) in [5.74, 6) is -0.429. The van der Waals surface area contributed by atoms with E-state index in [0.29, 0.717) is 5.69 Å². The van der Waals surface area contributed by atoms with Crippen LogP contribution in [-0.2, 0) is 4.79 Å². The summed E-state index contributed by atoms with van der Waals surface area (Å²) >= 11 is 3.37. The molecule has 0 saturated heterocycles. The van der Waals surface area contributed by atoms with Gasteiger partial charge in [-0.2, -0.15) is 5.26 Å². The van der Waals surface area contributed by atoms with E-state index in [9.17, 15) is 10.1 Å². The Kier molecular flexibility index (Phi) is 4.92. The van der Waals surface area contributed by atoms with Crippen LogP contribution in [0, 0.1) is 11.3 Å². The molecule has 3 nitrogen and oxygen atoms in total. The third-order valence-corrected chi connectivity index (χ3v) is 5.10. The van der Waals surface area contributed by atoms with Crippen LogP contribution in [-0.4, -0.2) is 5.91 Å². The maximum absolute atomic E-state index is 12.7. The van der Waals surface area contributed by atoms with Crippen molar-refractivity contribution in [1.82, 2.24) is 0 Å². The van der Waals surface area contributed by atoms with Crippen LogP contribution in [0.5, 0.6) is 0 Å². The Labute approximate surface area is 171 Å². The number of nitrogens with zero attached hydrogens (tertiary/aromatic N) is 1. The highest BCUT2D eigenvalue weighted by molar-refractivity contribution is 9.10. The molecule has 0 heterocycles. The summed E-state index contributed by atoms with van der Waals surface area (Å²) in [6, 6.07) is 27.4. The molecular weight excluding hydrogens is 412 g/mol. The molecule has 4 heteroatoms. The van der Waals surface area contributed by atoms with E-state index in [2.05, 4.69) is 33.4 Å². The second-order valence-electron chi connectivity index (χ2n) is 6.36. The number of nitriles is 1. The first kappa shape index (κ1) is 18.0. The van der Waals surface area contributed by atoms with E-state index in [-0.39, 0.29) is 5.57 Å². The fraction of sp³-hybridized carbons (Fsp3) is 0. The lowest BCUT2D eigenvalue weighted by Crippen LogP contribution is -2.13. The zero-order chi connectivity index (χ0) is 19.5. The molecule has 134 valence electrons. The van der Waals surface area contributed by atoms with Gasteiger partial charge in [0.2, 0.25) is 0 Å². The predicted molar refractivity (Wildman–Crippen MR) is 118 cm³/mol. The first-order valence-corrected chi connectivity index (χ1v) is 9.54. The third-order valence-electron chi connectivity index (χ3n) is 4.57. The minimum Gasteiger partial charge on any atom is -0.321 e. The molecule has 0 aliphatic rings. The summed E-state index contributed by atoms with van der Waals surface area (Å²) in [5.41, 5.74) is 1.57. The molecule has 0 aromatic heterocycles. The zero-order valence-corrected chi connectivity index (χ0v) is 16.4.